The first-order chi connectivity index (χ1) is 11.5. The second kappa shape index (κ2) is 5.83. The molecule has 0 aliphatic carbocycles. The number of halogens is 2. The summed E-state index contributed by atoms with van der Waals surface area (Å²) >= 11 is 1.94. The number of likely N-dealkylation sites (N-methyl/N-ethyl adjacent to an activating group) is 1. The van der Waals surface area contributed by atoms with Crippen LogP contribution in [0, 0.1) is 12.7 Å². The number of hydrogen-bond acceptors (Lipinski definition) is 5. The molecule has 0 radical (unpaired) electrons. The molecule has 1 atom stereocenters. The minimum absolute atomic E-state index is 0.256. The summed E-state index contributed by atoms with van der Waals surface area (Å²) < 4.78 is 16.2. The molecule has 0 saturated carbocycles. The lowest BCUT2D eigenvalue weighted by Gasteiger charge is -2.42. The third kappa shape index (κ3) is 2.38. The Hall–Kier alpha value is -1.42. The SMILES string of the molecule is Cc1cc2c3c(nc(=O)n2I)N2CCN(C)CC2CCNc3c1F. The van der Waals surface area contributed by atoms with Crippen LogP contribution >= 0.6 is 22.9 Å². The molecule has 0 bridgehead atoms. The normalized spacial score (nSPS) is 21.2. The van der Waals surface area contributed by atoms with E-state index in [0.717, 1.165) is 26.1 Å². The van der Waals surface area contributed by atoms with Crippen molar-refractivity contribution in [2.45, 2.75) is 19.4 Å². The van der Waals surface area contributed by atoms with Gasteiger partial charge in [0.05, 0.1) is 39.5 Å². The first-order valence-corrected chi connectivity index (χ1v) is 9.05. The van der Waals surface area contributed by atoms with Crippen molar-refractivity contribution in [3.05, 3.63) is 27.9 Å². The third-order valence-corrected chi connectivity index (χ3v) is 5.90. The molecule has 2 aliphatic heterocycles. The van der Waals surface area contributed by atoms with Crippen molar-refractivity contribution in [3.63, 3.8) is 0 Å². The van der Waals surface area contributed by atoms with Crippen LogP contribution in [-0.2, 0) is 0 Å². The highest BCUT2D eigenvalue weighted by Crippen LogP contribution is 2.37. The van der Waals surface area contributed by atoms with Crippen molar-refractivity contribution in [1.82, 2.24) is 12.7 Å². The monoisotopic (exact) mass is 443 g/mol. The Morgan fingerprint density at radius 1 is 1.42 bits per heavy atom. The predicted octanol–water partition coefficient (Wildman–Crippen LogP) is 1.98. The Bertz CT molecular complexity index is 883. The minimum atomic E-state index is -0.312. The topological polar surface area (TPSA) is 53.4 Å². The first kappa shape index (κ1) is 16.1. The summed E-state index contributed by atoms with van der Waals surface area (Å²) in [5.41, 5.74) is 1.40. The van der Waals surface area contributed by atoms with Crippen molar-refractivity contribution in [1.29, 1.82) is 0 Å². The quantitative estimate of drug-likeness (QED) is 0.632. The van der Waals surface area contributed by atoms with E-state index < -0.39 is 0 Å². The van der Waals surface area contributed by atoms with Gasteiger partial charge in [-0.15, -0.1) is 0 Å². The van der Waals surface area contributed by atoms with Crippen LogP contribution in [0.2, 0.25) is 0 Å². The molecule has 1 aromatic carbocycles. The fourth-order valence-corrected chi connectivity index (χ4v) is 4.21. The number of fused-ring (bicyclic) bond motifs is 2. The molecule has 1 unspecified atom stereocenters. The number of nitrogens with one attached hydrogen (secondary N) is 1. The van der Waals surface area contributed by atoms with Gasteiger partial charge in [0.1, 0.15) is 11.6 Å². The van der Waals surface area contributed by atoms with Crippen molar-refractivity contribution in [3.8, 4) is 0 Å². The molecular weight excluding hydrogens is 424 g/mol. The van der Waals surface area contributed by atoms with Crippen LogP contribution in [0.25, 0.3) is 10.9 Å². The Kier molecular flexibility index (Phi) is 3.91. The number of rotatable bonds is 0. The van der Waals surface area contributed by atoms with Gasteiger partial charge in [-0.05, 0) is 32.0 Å². The Labute approximate surface area is 153 Å². The van der Waals surface area contributed by atoms with Gasteiger partial charge < -0.3 is 15.1 Å². The smallest absolute Gasteiger partial charge is 0.359 e. The fraction of sp³-hybridized carbons (Fsp3) is 0.500. The average Bonchev–Trinajstić information content (AvgIpc) is 2.53. The molecule has 2 aliphatic rings. The highest BCUT2D eigenvalue weighted by Gasteiger charge is 2.31. The van der Waals surface area contributed by atoms with E-state index in [1.54, 1.807) is 13.0 Å². The van der Waals surface area contributed by atoms with Crippen LogP contribution in [0.1, 0.15) is 12.0 Å². The molecule has 2 aromatic rings. The van der Waals surface area contributed by atoms with Crippen LogP contribution in [0.4, 0.5) is 15.9 Å². The molecule has 1 saturated heterocycles. The van der Waals surface area contributed by atoms with Gasteiger partial charge >= 0.3 is 5.69 Å². The Balaban J connectivity index is 2.06. The number of aryl methyl sites for hydroxylation is 1. The summed E-state index contributed by atoms with van der Waals surface area (Å²) in [5.74, 6) is 0.357. The van der Waals surface area contributed by atoms with Crippen LogP contribution in [-0.4, -0.2) is 51.9 Å². The van der Waals surface area contributed by atoms with Crippen LogP contribution in [0.15, 0.2) is 10.9 Å². The van der Waals surface area contributed by atoms with E-state index in [1.807, 2.05) is 22.9 Å². The second-order valence-corrected chi connectivity index (χ2v) is 7.57. The molecule has 8 heteroatoms. The molecule has 4 rings (SSSR count). The molecule has 1 fully saturated rings. The molecule has 6 nitrogen and oxygen atoms in total. The van der Waals surface area contributed by atoms with Gasteiger partial charge in [-0.2, -0.15) is 4.98 Å². The van der Waals surface area contributed by atoms with Gasteiger partial charge in [0.15, 0.2) is 0 Å². The van der Waals surface area contributed by atoms with E-state index >= 15 is 0 Å². The van der Waals surface area contributed by atoms with Gasteiger partial charge in [-0.25, -0.2) is 12.0 Å². The number of aromatic nitrogens is 2. The number of piperazine rings is 1. The minimum Gasteiger partial charge on any atom is -0.382 e. The highest BCUT2D eigenvalue weighted by atomic mass is 127. The zero-order chi connectivity index (χ0) is 17.0. The maximum Gasteiger partial charge on any atom is 0.359 e. The van der Waals surface area contributed by atoms with Gasteiger partial charge in [0.25, 0.3) is 0 Å². The standard InChI is InChI=1S/C16H19FIN5O/c1-9-7-11-12-14(13(9)17)19-4-3-10-8-21(2)5-6-22(10)15(12)20-16(24)23(11)18/h7,10,19H,3-6,8H2,1-2H3. The molecule has 0 spiro atoms. The van der Waals surface area contributed by atoms with Crippen LogP contribution in [0.5, 0.6) is 0 Å². The first-order valence-electron chi connectivity index (χ1n) is 8.08. The Morgan fingerprint density at radius 2 is 2.21 bits per heavy atom. The molecule has 3 heterocycles. The summed E-state index contributed by atoms with van der Waals surface area (Å²) in [5, 5.41) is 3.96. The zero-order valence-electron chi connectivity index (χ0n) is 13.6. The van der Waals surface area contributed by atoms with Crippen molar-refractivity contribution in [2.75, 3.05) is 43.4 Å². The van der Waals surface area contributed by atoms with Gasteiger partial charge in [-0.3, -0.25) is 0 Å². The summed E-state index contributed by atoms with van der Waals surface area (Å²) in [7, 11) is 2.10. The van der Waals surface area contributed by atoms with Crippen molar-refractivity contribution < 1.29 is 4.39 Å². The van der Waals surface area contributed by atoms with Gasteiger partial charge in [0, 0.05) is 32.2 Å². The molecule has 0 amide bonds. The molecule has 128 valence electrons. The molecule has 1 aromatic heterocycles. The second-order valence-electron chi connectivity index (χ2n) is 6.60. The zero-order valence-corrected chi connectivity index (χ0v) is 15.8. The maximum absolute atomic E-state index is 14.8. The van der Waals surface area contributed by atoms with Crippen LogP contribution in [0.3, 0.4) is 0 Å². The highest BCUT2D eigenvalue weighted by molar-refractivity contribution is 14.1. The maximum atomic E-state index is 14.8. The lowest BCUT2D eigenvalue weighted by molar-refractivity contribution is 0.261. The van der Waals surface area contributed by atoms with Crippen molar-refractivity contribution >= 4 is 45.3 Å². The van der Waals surface area contributed by atoms with E-state index in [1.165, 1.54) is 2.78 Å². The lowest BCUT2D eigenvalue weighted by Crippen LogP contribution is -2.53. The molecule has 24 heavy (non-hydrogen) atoms. The fourth-order valence-electron chi connectivity index (χ4n) is 3.72. The lowest BCUT2D eigenvalue weighted by atomic mass is 10.0. The van der Waals surface area contributed by atoms with E-state index in [4.69, 9.17) is 0 Å². The van der Waals surface area contributed by atoms with E-state index in [2.05, 4.69) is 27.1 Å². The van der Waals surface area contributed by atoms with Crippen molar-refractivity contribution in [2.24, 2.45) is 0 Å². The summed E-state index contributed by atoms with van der Waals surface area (Å²) in [4.78, 5) is 21.2. The summed E-state index contributed by atoms with van der Waals surface area (Å²) in [6, 6.07) is 2.01. The Morgan fingerprint density at radius 3 is 3.00 bits per heavy atom. The van der Waals surface area contributed by atoms with Crippen LogP contribution < -0.4 is 15.9 Å². The number of anilines is 2. The van der Waals surface area contributed by atoms with Gasteiger partial charge in [-0.1, -0.05) is 0 Å². The third-order valence-electron chi connectivity index (χ3n) is 4.97. The molecule has 1 N–H and O–H groups in total. The predicted molar refractivity (Wildman–Crippen MR) is 102 cm³/mol. The van der Waals surface area contributed by atoms with Gasteiger partial charge in [0.2, 0.25) is 0 Å². The largest absolute Gasteiger partial charge is 0.382 e. The summed E-state index contributed by atoms with van der Waals surface area (Å²) in [6.07, 6.45) is 0.883. The van der Waals surface area contributed by atoms with E-state index in [-0.39, 0.29) is 17.5 Å². The number of benzene rings is 1. The number of hydrogen-bond donors (Lipinski definition) is 1. The average molecular weight is 443 g/mol. The number of nitrogens with zero attached hydrogens (tertiary/aromatic N) is 4. The van der Waals surface area contributed by atoms with E-state index in [9.17, 15) is 9.18 Å². The molecular formula is C16H19FIN5O. The van der Waals surface area contributed by atoms with E-state index in [0.29, 0.717) is 34.5 Å². The summed E-state index contributed by atoms with van der Waals surface area (Å²) in [6.45, 7) is 5.05.